The number of rotatable bonds is 3. The predicted octanol–water partition coefficient (Wildman–Crippen LogP) is 1.24. The topological polar surface area (TPSA) is 103 Å². The molecule has 3 heterocycles. The molecule has 0 aliphatic carbocycles. The number of aromatic nitrogens is 5. The molecule has 4 rings (SSSR count). The molecule has 0 atom stereocenters. The Morgan fingerprint density at radius 3 is 2.77 bits per heavy atom. The standard InChI is InChI=1S/C17H14N6O3/c1-22-15(24)6-5-14(21-22)20-16(25)11-7-8-23-13-4-3-10(26-2)9-12(13)19-17(23)18-11/h3-9H,1-2H3,(H,20,21,25). The van der Waals surface area contributed by atoms with Gasteiger partial charge in [0.05, 0.1) is 18.1 Å². The van der Waals surface area contributed by atoms with Crippen LogP contribution < -0.4 is 15.6 Å². The maximum Gasteiger partial charge on any atom is 0.275 e. The van der Waals surface area contributed by atoms with Gasteiger partial charge in [0.15, 0.2) is 5.82 Å². The fraction of sp³-hybridized carbons (Fsp3) is 0.118. The van der Waals surface area contributed by atoms with Gasteiger partial charge in [-0.3, -0.25) is 14.0 Å². The second kappa shape index (κ2) is 5.96. The minimum Gasteiger partial charge on any atom is -0.497 e. The van der Waals surface area contributed by atoms with Crippen molar-refractivity contribution in [2.45, 2.75) is 0 Å². The van der Waals surface area contributed by atoms with Crippen LogP contribution in [0.15, 0.2) is 47.4 Å². The molecule has 130 valence electrons. The summed E-state index contributed by atoms with van der Waals surface area (Å²) >= 11 is 0. The van der Waals surface area contributed by atoms with Gasteiger partial charge in [-0.25, -0.2) is 14.6 Å². The zero-order valence-corrected chi connectivity index (χ0v) is 14.0. The number of benzene rings is 1. The molecule has 9 nitrogen and oxygen atoms in total. The molecule has 1 amide bonds. The molecule has 0 unspecified atom stereocenters. The number of hydrogen-bond donors (Lipinski definition) is 1. The lowest BCUT2D eigenvalue weighted by Crippen LogP contribution is -2.22. The molecule has 0 radical (unpaired) electrons. The molecule has 0 spiro atoms. The van der Waals surface area contributed by atoms with Crippen molar-refractivity contribution < 1.29 is 9.53 Å². The summed E-state index contributed by atoms with van der Waals surface area (Å²) in [4.78, 5) is 32.5. The minimum atomic E-state index is -0.441. The Labute approximate surface area is 146 Å². The summed E-state index contributed by atoms with van der Waals surface area (Å²) in [6.45, 7) is 0. The lowest BCUT2D eigenvalue weighted by molar-refractivity contribution is 0.102. The highest BCUT2D eigenvalue weighted by atomic mass is 16.5. The number of amides is 1. The van der Waals surface area contributed by atoms with E-state index in [0.717, 1.165) is 10.2 Å². The van der Waals surface area contributed by atoms with Gasteiger partial charge in [-0.05, 0) is 24.3 Å². The quantitative estimate of drug-likeness (QED) is 0.596. The Hall–Kier alpha value is -3.75. The van der Waals surface area contributed by atoms with Crippen LogP contribution in [0.4, 0.5) is 5.82 Å². The second-order valence-electron chi connectivity index (χ2n) is 5.58. The molecule has 0 saturated carbocycles. The van der Waals surface area contributed by atoms with Crippen LogP contribution in [0, 0.1) is 0 Å². The number of aryl methyl sites for hydroxylation is 1. The summed E-state index contributed by atoms with van der Waals surface area (Å²) in [6, 6.07) is 9.88. The number of ether oxygens (including phenoxy) is 1. The molecule has 9 heteroatoms. The van der Waals surface area contributed by atoms with Crippen molar-refractivity contribution in [3.8, 4) is 5.75 Å². The van der Waals surface area contributed by atoms with Crippen molar-refractivity contribution in [2.24, 2.45) is 7.05 Å². The number of nitrogens with one attached hydrogen (secondary N) is 1. The summed E-state index contributed by atoms with van der Waals surface area (Å²) < 4.78 is 8.13. The number of fused-ring (bicyclic) bond motifs is 3. The third-order valence-corrected chi connectivity index (χ3v) is 3.91. The smallest absolute Gasteiger partial charge is 0.275 e. The highest BCUT2D eigenvalue weighted by molar-refractivity contribution is 6.02. The molecule has 4 aromatic rings. The zero-order chi connectivity index (χ0) is 18.3. The molecule has 0 aliphatic heterocycles. The first-order chi connectivity index (χ1) is 12.5. The Kier molecular flexibility index (Phi) is 3.61. The average Bonchev–Trinajstić information content (AvgIpc) is 3.01. The summed E-state index contributed by atoms with van der Waals surface area (Å²) in [6.07, 6.45) is 1.73. The van der Waals surface area contributed by atoms with Crippen LogP contribution in [0.1, 0.15) is 10.5 Å². The van der Waals surface area contributed by atoms with Gasteiger partial charge >= 0.3 is 0 Å². The molecule has 1 N–H and O–H groups in total. The van der Waals surface area contributed by atoms with Gasteiger partial charge < -0.3 is 10.1 Å². The second-order valence-corrected chi connectivity index (χ2v) is 5.58. The third kappa shape index (κ3) is 2.65. The molecular formula is C17H14N6O3. The van der Waals surface area contributed by atoms with Crippen molar-refractivity contribution in [3.05, 3.63) is 58.6 Å². The van der Waals surface area contributed by atoms with E-state index in [2.05, 4.69) is 20.4 Å². The first kappa shape index (κ1) is 15.8. The molecule has 1 aromatic carbocycles. The van der Waals surface area contributed by atoms with Crippen LogP contribution in [-0.2, 0) is 7.05 Å². The van der Waals surface area contributed by atoms with E-state index in [0.29, 0.717) is 17.0 Å². The SMILES string of the molecule is COc1ccc2c(c1)nc1nc(C(=O)Nc3ccc(=O)n(C)n3)ccn12. The zero-order valence-electron chi connectivity index (χ0n) is 14.0. The first-order valence-electron chi connectivity index (χ1n) is 7.74. The van der Waals surface area contributed by atoms with Crippen LogP contribution >= 0.6 is 0 Å². The van der Waals surface area contributed by atoms with Crippen molar-refractivity contribution in [2.75, 3.05) is 12.4 Å². The summed E-state index contributed by atoms with van der Waals surface area (Å²) in [7, 11) is 3.09. The van der Waals surface area contributed by atoms with E-state index in [9.17, 15) is 9.59 Å². The number of hydrogen-bond acceptors (Lipinski definition) is 6. The van der Waals surface area contributed by atoms with Crippen molar-refractivity contribution in [1.29, 1.82) is 0 Å². The van der Waals surface area contributed by atoms with E-state index < -0.39 is 5.91 Å². The molecule has 3 aromatic heterocycles. The number of carbonyl (C=O) groups excluding carboxylic acids is 1. The Bertz CT molecular complexity index is 1210. The Balaban J connectivity index is 1.69. The van der Waals surface area contributed by atoms with Crippen LogP contribution in [0.5, 0.6) is 5.75 Å². The fourth-order valence-electron chi connectivity index (χ4n) is 2.58. The van der Waals surface area contributed by atoms with E-state index in [1.54, 1.807) is 29.8 Å². The predicted molar refractivity (Wildman–Crippen MR) is 94.5 cm³/mol. The maximum atomic E-state index is 12.4. The van der Waals surface area contributed by atoms with E-state index in [1.165, 1.54) is 19.2 Å². The third-order valence-electron chi connectivity index (χ3n) is 3.91. The fourth-order valence-corrected chi connectivity index (χ4v) is 2.58. The molecule has 0 aliphatic rings. The van der Waals surface area contributed by atoms with Crippen molar-refractivity contribution in [3.63, 3.8) is 0 Å². The van der Waals surface area contributed by atoms with Gasteiger partial charge in [-0.1, -0.05) is 0 Å². The number of methoxy groups -OCH3 is 1. The lowest BCUT2D eigenvalue weighted by atomic mass is 10.3. The molecular weight excluding hydrogens is 336 g/mol. The lowest BCUT2D eigenvalue weighted by Gasteiger charge is -2.05. The number of anilines is 1. The maximum absolute atomic E-state index is 12.4. The van der Waals surface area contributed by atoms with Gasteiger partial charge in [0, 0.05) is 25.4 Å². The van der Waals surface area contributed by atoms with Gasteiger partial charge in [-0.15, -0.1) is 0 Å². The highest BCUT2D eigenvalue weighted by Gasteiger charge is 2.13. The molecule has 0 saturated heterocycles. The number of carbonyl (C=O) groups is 1. The van der Waals surface area contributed by atoms with E-state index >= 15 is 0 Å². The van der Waals surface area contributed by atoms with E-state index in [-0.39, 0.29) is 17.1 Å². The number of nitrogens with zero attached hydrogens (tertiary/aromatic N) is 5. The molecule has 0 bridgehead atoms. The van der Waals surface area contributed by atoms with Crippen LogP contribution in [-0.4, -0.2) is 37.2 Å². The van der Waals surface area contributed by atoms with Crippen molar-refractivity contribution in [1.82, 2.24) is 24.1 Å². The van der Waals surface area contributed by atoms with Gasteiger partial charge in [0.2, 0.25) is 5.78 Å². The first-order valence-corrected chi connectivity index (χ1v) is 7.74. The summed E-state index contributed by atoms with van der Waals surface area (Å²) in [5.74, 6) is 0.911. The normalized spacial score (nSPS) is 11.0. The molecule has 26 heavy (non-hydrogen) atoms. The largest absolute Gasteiger partial charge is 0.497 e. The van der Waals surface area contributed by atoms with Gasteiger partial charge in [-0.2, -0.15) is 5.10 Å². The Morgan fingerprint density at radius 2 is 2.00 bits per heavy atom. The van der Waals surface area contributed by atoms with E-state index in [4.69, 9.17) is 4.74 Å². The van der Waals surface area contributed by atoms with Crippen molar-refractivity contribution >= 4 is 28.5 Å². The number of imidazole rings is 1. The summed E-state index contributed by atoms with van der Waals surface area (Å²) in [5.41, 5.74) is 1.51. The summed E-state index contributed by atoms with van der Waals surface area (Å²) in [5, 5.41) is 6.58. The Morgan fingerprint density at radius 1 is 1.15 bits per heavy atom. The van der Waals surface area contributed by atoms with Crippen LogP contribution in [0.3, 0.4) is 0 Å². The van der Waals surface area contributed by atoms with Crippen LogP contribution in [0.25, 0.3) is 16.8 Å². The highest BCUT2D eigenvalue weighted by Crippen LogP contribution is 2.21. The van der Waals surface area contributed by atoms with Crippen LogP contribution in [0.2, 0.25) is 0 Å². The van der Waals surface area contributed by atoms with Gasteiger partial charge in [0.25, 0.3) is 11.5 Å². The molecule has 0 fully saturated rings. The monoisotopic (exact) mass is 350 g/mol. The van der Waals surface area contributed by atoms with Gasteiger partial charge in [0.1, 0.15) is 11.4 Å². The van der Waals surface area contributed by atoms with E-state index in [1.807, 2.05) is 12.1 Å². The minimum absolute atomic E-state index is 0.190. The average molecular weight is 350 g/mol.